The highest BCUT2D eigenvalue weighted by atomic mass is 16.7. The highest BCUT2D eigenvalue weighted by molar-refractivity contribution is 5.80. The molecule has 1 saturated heterocycles. The summed E-state index contributed by atoms with van der Waals surface area (Å²) in [6.45, 7) is 5.83. The number of hydrogen-bond acceptors (Lipinski definition) is 10. The molecule has 0 aromatic carbocycles. The molecule has 534 valence electrons. The Labute approximate surface area is 561 Å². The van der Waals surface area contributed by atoms with Crippen molar-refractivity contribution in [2.45, 2.75) is 436 Å². The molecular formula is C80H149NO10. The Morgan fingerprint density at radius 1 is 0.429 bits per heavy atom. The van der Waals surface area contributed by atoms with E-state index in [2.05, 4.69) is 62.5 Å². The van der Waals surface area contributed by atoms with Gasteiger partial charge in [-0.1, -0.05) is 345 Å². The van der Waals surface area contributed by atoms with Crippen molar-refractivity contribution in [2.75, 3.05) is 13.2 Å². The highest BCUT2D eigenvalue weighted by Gasteiger charge is 2.47. The second kappa shape index (κ2) is 67.6. The van der Waals surface area contributed by atoms with Crippen molar-refractivity contribution >= 4 is 11.9 Å². The number of allylic oxidation sites excluding steroid dienone is 7. The van der Waals surface area contributed by atoms with Crippen LogP contribution in [0.15, 0.2) is 48.6 Å². The molecule has 0 aromatic rings. The zero-order valence-electron chi connectivity index (χ0n) is 59.7. The maximum atomic E-state index is 13.5. The Balaban J connectivity index is 2.51. The molecule has 6 N–H and O–H groups in total. The Kier molecular flexibility index (Phi) is 64.3. The summed E-state index contributed by atoms with van der Waals surface area (Å²) in [5, 5.41) is 57.4. The average Bonchev–Trinajstić information content (AvgIpc) is 1.09. The second-order valence-electron chi connectivity index (χ2n) is 27.4. The quantitative estimate of drug-likeness (QED) is 0.0195. The van der Waals surface area contributed by atoms with E-state index in [0.29, 0.717) is 19.3 Å². The summed E-state index contributed by atoms with van der Waals surface area (Å²) >= 11 is 0. The molecule has 1 amide bonds. The summed E-state index contributed by atoms with van der Waals surface area (Å²) in [6, 6.07) is -1.02. The summed E-state index contributed by atoms with van der Waals surface area (Å²) in [5.41, 5.74) is 0. The first kappa shape index (κ1) is 86.6. The highest BCUT2D eigenvalue weighted by Crippen LogP contribution is 2.27. The molecule has 0 radical (unpaired) electrons. The Morgan fingerprint density at radius 3 is 1.15 bits per heavy atom. The number of carbonyl (C=O) groups is 2. The predicted octanol–water partition coefficient (Wildman–Crippen LogP) is 21.1. The number of ether oxygens (including phenoxy) is 3. The number of nitrogens with one attached hydrogen (secondary N) is 1. The number of esters is 1. The summed E-state index contributed by atoms with van der Waals surface area (Å²) in [7, 11) is 0. The fourth-order valence-electron chi connectivity index (χ4n) is 12.5. The van der Waals surface area contributed by atoms with Gasteiger partial charge in [0, 0.05) is 6.42 Å². The van der Waals surface area contributed by atoms with Gasteiger partial charge in [0.25, 0.3) is 0 Å². The molecule has 0 spiro atoms. The first-order valence-electron chi connectivity index (χ1n) is 39.4. The number of amides is 1. The average molecular weight is 1290 g/mol. The first-order chi connectivity index (χ1) is 44.7. The minimum atomic E-state index is -1.61. The molecule has 1 fully saturated rings. The third-order valence-corrected chi connectivity index (χ3v) is 18.7. The lowest BCUT2D eigenvalue weighted by molar-refractivity contribution is -0.305. The van der Waals surface area contributed by atoms with E-state index in [-0.39, 0.29) is 13.0 Å². The van der Waals surface area contributed by atoms with Crippen LogP contribution in [0.25, 0.3) is 0 Å². The van der Waals surface area contributed by atoms with Crippen LogP contribution in [0.3, 0.4) is 0 Å². The van der Waals surface area contributed by atoms with Crippen molar-refractivity contribution in [2.24, 2.45) is 0 Å². The molecule has 8 unspecified atom stereocenters. The third kappa shape index (κ3) is 54.4. The summed E-state index contributed by atoms with van der Waals surface area (Å²) in [4.78, 5) is 26.8. The maximum Gasteiger partial charge on any atom is 0.306 e. The Hall–Kier alpha value is -2.38. The van der Waals surface area contributed by atoms with Gasteiger partial charge in [-0.05, 0) is 83.5 Å². The van der Waals surface area contributed by atoms with Crippen molar-refractivity contribution in [3.8, 4) is 0 Å². The molecule has 0 bridgehead atoms. The van der Waals surface area contributed by atoms with Crippen molar-refractivity contribution in [3.05, 3.63) is 48.6 Å². The van der Waals surface area contributed by atoms with Gasteiger partial charge < -0.3 is 45.1 Å². The SMILES string of the molecule is CCCCC/C=C\C/C=C\CCCCCCCCCCCCCCCCCC(=O)OC1C(OCC(NC(=O)C(O)CCCCCCCCCCCCCCCC/C=C/CCCCCCCC)C(O)/C=C/CCCCCCCCCCCCC)OC(CO)C(O)C1O. The fraction of sp³-hybridized carbons (Fsp3) is 0.875. The van der Waals surface area contributed by atoms with Crippen LogP contribution in [0.5, 0.6) is 0 Å². The minimum absolute atomic E-state index is 0.126. The predicted molar refractivity (Wildman–Crippen MR) is 384 cm³/mol. The van der Waals surface area contributed by atoms with Gasteiger partial charge in [0.05, 0.1) is 25.4 Å². The topological polar surface area (TPSA) is 175 Å². The smallest absolute Gasteiger partial charge is 0.306 e. The summed E-state index contributed by atoms with van der Waals surface area (Å²) in [5.74, 6) is -1.18. The number of hydrogen-bond donors (Lipinski definition) is 6. The van der Waals surface area contributed by atoms with E-state index in [0.717, 1.165) is 64.2 Å². The van der Waals surface area contributed by atoms with E-state index in [4.69, 9.17) is 14.2 Å². The first-order valence-corrected chi connectivity index (χ1v) is 39.4. The van der Waals surface area contributed by atoms with Crippen LogP contribution >= 0.6 is 0 Å². The Morgan fingerprint density at radius 2 is 0.758 bits per heavy atom. The molecule has 11 nitrogen and oxygen atoms in total. The van der Waals surface area contributed by atoms with Crippen LogP contribution in [0.2, 0.25) is 0 Å². The molecule has 1 heterocycles. The molecule has 11 heteroatoms. The van der Waals surface area contributed by atoms with Crippen molar-refractivity contribution in [1.29, 1.82) is 0 Å². The molecular weight excluding hydrogens is 1130 g/mol. The van der Waals surface area contributed by atoms with Crippen molar-refractivity contribution in [1.82, 2.24) is 5.32 Å². The molecule has 0 aliphatic carbocycles. The summed E-state index contributed by atoms with van der Waals surface area (Å²) < 4.78 is 17.8. The maximum absolute atomic E-state index is 13.5. The van der Waals surface area contributed by atoms with E-state index >= 15 is 0 Å². The van der Waals surface area contributed by atoms with Crippen molar-refractivity contribution < 1.29 is 49.3 Å². The largest absolute Gasteiger partial charge is 0.454 e. The van der Waals surface area contributed by atoms with Crippen molar-refractivity contribution in [3.63, 3.8) is 0 Å². The normalized spacial score (nSPS) is 18.2. The number of rotatable bonds is 69. The van der Waals surface area contributed by atoms with Gasteiger partial charge >= 0.3 is 5.97 Å². The van der Waals surface area contributed by atoms with Gasteiger partial charge in [-0.3, -0.25) is 9.59 Å². The van der Waals surface area contributed by atoms with Crippen LogP contribution in [0.1, 0.15) is 387 Å². The van der Waals surface area contributed by atoms with Crippen LogP contribution in [-0.2, 0) is 23.8 Å². The standard InChI is InChI=1S/C80H149NO10/c1-4-7-10-13-16-19-22-25-27-29-31-33-35-37-39-41-43-45-47-50-53-56-59-62-65-68-75(85)91-78-77(87)76(86)74(69-82)90-80(78)89-70-71(72(83)66-63-60-57-54-51-48-24-21-18-15-12-9-6-3)81-79(88)73(84)67-64-61-58-55-52-49-46-44-42-40-38-36-34-32-30-28-26-23-20-17-14-11-8-5-2/h16,19,25-28,63,66,71-74,76-78,80,82-84,86-87H,4-15,17-18,20-24,29-62,64-65,67-70H2,1-3H3,(H,81,88)/b19-16-,27-25-,28-26+,66-63+. The monoisotopic (exact) mass is 1280 g/mol. The molecule has 8 atom stereocenters. The van der Waals surface area contributed by atoms with Gasteiger partial charge in [-0.15, -0.1) is 0 Å². The van der Waals surface area contributed by atoms with E-state index in [1.165, 1.54) is 276 Å². The lowest BCUT2D eigenvalue weighted by Gasteiger charge is -2.41. The van der Waals surface area contributed by atoms with E-state index < -0.39 is 67.4 Å². The van der Waals surface area contributed by atoms with Crippen LogP contribution < -0.4 is 5.32 Å². The lowest BCUT2D eigenvalue weighted by Crippen LogP contribution is -2.61. The minimum Gasteiger partial charge on any atom is -0.454 e. The summed E-state index contributed by atoms with van der Waals surface area (Å²) in [6.07, 6.45) is 75.9. The third-order valence-electron chi connectivity index (χ3n) is 18.7. The molecule has 1 aliphatic rings. The number of carbonyl (C=O) groups excluding carboxylic acids is 2. The number of aliphatic hydroxyl groups excluding tert-OH is 5. The zero-order valence-corrected chi connectivity index (χ0v) is 59.7. The van der Waals surface area contributed by atoms with Gasteiger partial charge in [0.1, 0.15) is 24.4 Å². The molecule has 91 heavy (non-hydrogen) atoms. The number of unbranched alkanes of at least 4 members (excludes halogenated alkanes) is 49. The van der Waals surface area contributed by atoms with Crippen LogP contribution in [-0.4, -0.2) is 99.6 Å². The number of aliphatic hydroxyl groups is 5. The lowest BCUT2D eigenvalue weighted by atomic mass is 9.99. The van der Waals surface area contributed by atoms with Gasteiger partial charge in [0.15, 0.2) is 12.4 Å². The van der Waals surface area contributed by atoms with Gasteiger partial charge in [-0.25, -0.2) is 0 Å². The molecule has 0 saturated carbocycles. The van der Waals surface area contributed by atoms with Crippen LogP contribution in [0.4, 0.5) is 0 Å². The van der Waals surface area contributed by atoms with E-state index in [1.54, 1.807) is 6.08 Å². The van der Waals surface area contributed by atoms with Crippen LogP contribution in [0, 0.1) is 0 Å². The van der Waals surface area contributed by atoms with E-state index in [1.807, 2.05) is 6.08 Å². The molecule has 1 aliphatic heterocycles. The zero-order chi connectivity index (χ0) is 66.0. The van der Waals surface area contributed by atoms with E-state index in [9.17, 15) is 35.1 Å². The fourth-order valence-corrected chi connectivity index (χ4v) is 12.5. The van der Waals surface area contributed by atoms with Gasteiger partial charge in [-0.2, -0.15) is 0 Å². The Bertz CT molecular complexity index is 1670. The molecule has 1 rings (SSSR count). The molecule has 0 aromatic heterocycles. The second-order valence-corrected chi connectivity index (χ2v) is 27.4. The van der Waals surface area contributed by atoms with Gasteiger partial charge in [0.2, 0.25) is 5.91 Å².